The Morgan fingerprint density at radius 1 is 1.42 bits per heavy atom. The van der Waals surface area contributed by atoms with Crippen LogP contribution in [-0.4, -0.2) is 35.2 Å². The first kappa shape index (κ1) is 8.52. The Morgan fingerprint density at radius 2 is 2.17 bits per heavy atom. The highest BCUT2D eigenvalue weighted by Gasteiger charge is 2.42. The van der Waals surface area contributed by atoms with Crippen LogP contribution in [0.25, 0.3) is 0 Å². The predicted molar refractivity (Wildman–Crippen MR) is 49.0 cm³/mol. The second-order valence-electron chi connectivity index (χ2n) is 5.00. The zero-order valence-electron chi connectivity index (χ0n) is 8.08. The van der Waals surface area contributed by atoms with Crippen LogP contribution in [0.3, 0.4) is 0 Å². The average molecular weight is 169 g/mol. The smallest absolute Gasteiger partial charge is 0.0672 e. The molecule has 2 nitrogen and oxygen atoms in total. The van der Waals surface area contributed by atoms with Gasteiger partial charge in [-0.25, -0.2) is 0 Å². The number of hydrogen-bond acceptors (Lipinski definition) is 2. The van der Waals surface area contributed by atoms with Gasteiger partial charge in [0.1, 0.15) is 0 Å². The molecule has 0 bridgehead atoms. The monoisotopic (exact) mass is 169 g/mol. The second-order valence-corrected chi connectivity index (χ2v) is 5.00. The van der Waals surface area contributed by atoms with Crippen molar-refractivity contribution >= 4 is 0 Å². The third kappa shape index (κ3) is 1.27. The number of hydrogen-bond donors (Lipinski definition) is 1. The lowest BCUT2D eigenvalue weighted by atomic mass is 9.75. The van der Waals surface area contributed by atoms with Crippen LogP contribution >= 0.6 is 0 Å². The number of nitrogens with zero attached hydrogens (tertiary/aromatic N) is 1. The summed E-state index contributed by atoms with van der Waals surface area (Å²) >= 11 is 0. The van der Waals surface area contributed by atoms with E-state index in [0.29, 0.717) is 5.41 Å². The number of fused-ring (bicyclic) bond motifs is 1. The van der Waals surface area contributed by atoms with Crippen LogP contribution < -0.4 is 0 Å². The molecule has 2 fully saturated rings. The van der Waals surface area contributed by atoms with Crippen LogP contribution in [0.1, 0.15) is 33.1 Å². The number of rotatable bonds is 0. The first-order valence-corrected chi connectivity index (χ1v) is 5.02. The summed E-state index contributed by atoms with van der Waals surface area (Å²) < 4.78 is 0. The molecule has 0 spiro atoms. The Morgan fingerprint density at radius 3 is 2.92 bits per heavy atom. The molecule has 2 unspecified atom stereocenters. The fraction of sp³-hybridized carbons (Fsp3) is 1.00. The molecule has 0 amide bonds. The Kier molecular flexibility index (Phi) is 1.92. The van der Waals surface area contributed by atoms with Crippen molar-refractivity contribution in [2.45, 2.75) is 45.3 Å². The van der Waals surface area contributed by atoms with E-state index in [9.17, 15) is 5.11 Å². The van der Waals surface area contributed by atoms with Gasteiger partial charge in [-0.1, -0.05) is 13.8 Å². The van der Waals surface area contributed by atoms with Crippen molar-refractivity contribution in [3.8, 4) is 0 Å². The standard InChI is InChI=1S/C10H19NO/c1-10(2)6-8(12)7-11-5-3-4-9(10)11/h8-9,12H,3-7H2,1-2H3. The molecule has 2 heteroatoms. The van der Waals surface area contributed by atoms with E-state index in [4.69, 9.17) is 0 Å². The second kappa shape index (κ2) is 2.71. The van der Waals surface area contributed by atoms with E-state index in [1.165, 1.54) is 19.4 Å². The summed E-state index contributed by atoms with van der Waals surface area (Å²) in [6.07, 6.45) is 3.55. The van der Waals surface area contributed by atoms with E-state index in [1.807, 2.05) is 0 Å². The highest BCUT2D eigenvalue weighted by molar-refractivity contribution is 4.96. The van der Waals surface area contributed by atoms with Gasteiger partial charge in [-0.05, 0) is 31.2 Å². The maximum absolute atomic E-state index is 9.65. The summed E-state index contributed by atoms with van der Waals surface area (Å²) in [6.45, 7) is 6.69. The molecule has 70 valence electrons. The van der Waals surface area contributed by atoms with Gasteiger partial charge in [-0.2, -0.15) is 0 Å². The predicted octanol–water partition coefficient (Wildman–Crippen LogP) is 1.24. The van der Waals surface area contributed by atoms with Gasteiger partial charge in [-0.15, -0.1) is 0 Å². The van der Waals surface area contributed by atoms with Crippen molar-refractivity contribution < 1.29 is 5.11 Å². The summed E-state index contributed by atoms with van der Waals surface area (Å²) in [5, 5.41) is 9.65. The fourth-order valence-corrected chi connectivity index (χ4v) is 3.01. The van der Waals surface area contributed by atoms with Gasteiger partial charge in [-0.3, -0.25) is 4.90 Å². The molecule has 0 aromatic heterocycles. The Labute approximate surface area is 74.6 Å². The van der Waals surface area contributed by atoms with Gasteiger partial charge in [0.15, 0.2) is 0 Å². The van der Waals surface area contributed by atoms with Gasteiger partial charge in [0.2, 0.25) is 0 Å². The van der Waals surface area contributed by atoms with E-state index < -0.39 is 0 Å². The van der Waals surface area contributed by atoms with Crippen LogP contribution in [0.15, 0.2) is 0 Å². The third-order valence-electron chi connectivity index (χ3n) is 3.47. The van der Waals surface area contributed by atoms with Crippen molar-refractivity contribution in [1.82, 2.24) is 4.90 Å². The van der Waals surface area contributed by atoms with Gasteiger partial charge in [0.25, 0.3) is 0 Å². The van der Waals surface area contributed by atoms with Gasteiger partial charge < -0.3 is 5.11 Å². The normalized spacial score (nSPS) is 41.2. The summed E-state index contributed by atoms with van der Waals surface area (Å²) in [7, 11) is 0. The molecule has 0 saturated carbocycles. The first-order chi connectivity index (χ1) is 5.59. The van der Waals surface area contributed by atoms with Crippen LogP contribution in [0.2, 0.25) is 0 Å². The zero-order valence-corrected chi connectivity index (χ0v) is 8.08. The summed E-state index contributed by atoms with van der Waals surface area (Å²) in [5.41, 5.74) is 0.328. The number of aliphatic hydroxyl groups excluding tert-OH is 1. The van der Waals surface area contributed by atoms with E-state index in [0.717, 1.165) is 19.0 Å². The molecule has 12 heavy (non-hydrogen) atoms. The lowest BCUT2D eigenvalue weighted by molar-refractivity contribution is -0.0201. The van der Waals surface area contributed by atoms with Crippen LogP contribution in [0.4, 0.5) is 0 Å². The molecular formula is C10H19NO. The molecule has 2 aliphatic heterocycles. The Balaban J connectivity index is 2.15. The van der Waals surface area contributed by atoms with E-state index in [-0.39, 0.29) is 6.10 Å². The largest absolute Gasteiger partial charge is 0.392 e. The molecule has 0 aromatic rings. The van der Waals surface area contributed by atoms with Crippen molar-refractivity contribution in [3.05, 3.63) is 0 Å². The summed E-state index contributed by atoms with van der Waals surface area (Å²) in [4.78, 5) is 2.47. The topological polar surface area (TPSA) is 23.5 Å². The van der Waals surface area contributed by atoms with Crippen LogP contribution in [-0.2, 0) is 0 Å². The number of aliphatic hydroxyl groups is 1. The van der Waals surface area contributed by atoms with Crippen molar-refractivity contribution in [3.63, 3.8) is 0 Å². The SMILES string of the molecule is CC1(C)CC(O)CN2CCCC21. The van der Waals surface area contributed by atoms with Crippen molar-refractivity contribution in [1.29, 1.82) is 0 Å². The van der Waals surface area contributed by atoms with Gasteiger partial charge in [0, 0.05) is 12.6 Å². The minimum absolute atomic E-state index is 0.0886. The minimum atomic E-state index is -0.0886. The van der Waals surface area contributed by atoms with E-state index in [1.54, 1.807) is 0 Å². The van der Waals surface area contributed by atoms with E-state index >= 15 is 0 Å². The molecule has 2 aliphatic rings. The van der Waals surface area contributed by atoms with Gasteiger partial charge in [0.05, 0.1) is 6.10 Å². The fourth-order valence-electron chi connectivity index (χ4n) is 3.01. The minimum Gasteiger partial charge on any atom is -0.392 e. The molecule has 0 aromatic carbocycles. The summed E-state index contributed by atoms with van der Waals surface area (Å²) in [6, 6.07) is 0.737. The Hall–Kier alpha value is -0.0800. The van der Waals surface area contributed by atoms with Crippen LogP contribution in [0, 0.1) is 5.41 Å². The molecule has 0 aliphatic carbocycles. The molecular weight excluding hydrogens is 150 g/mol. The molecule has 2 heterocycles. The lowest BCUT2D eigenvalue weighted by Gasteiger charge is -2.45. The molecule has 2 atom stereocenters. The molecule has 0 radical (unpaired) electrons. The van der Waals surface area contributed by atoms with Crippen molar-refractivity contribution in [2.75, 3.05) is 13.1 Å². The third-order valence-corrected chi connectivity index (χ3v) is 3.47. The van der Waals surface area contributed by atoms with E-state index in [2.05, 4.69) is 18.7 Å². The molecule has 1 N–H and O–H groups in total. The lowest BCUT2D eigenvalue weighted by Crippen LogP contribution is -2.51. The first-order valence-electron chi connectivity index (χ1n) is 5.02. The Bertz CT molecular complexity index is 179. The maximum Gasteiger partial charge on any atom is 0.0672 e. The maximum atomic E-state index is 9.65. The molecule has 2 saturated heterocycles. The summed E-state index contributed by atoms with van der Waals surface area (Å²) in [5.74, 6) is 0. The number of piperidine rings is 1. The highest BCUT2D eigenvalue weighted by atomic mass is 16.3. The zero-order chi connectivity index (χ0) is 8.77. The van der Waals surface area contributed by atoms with Crippen LogP contribution in [0.5, 0.6) is 0 Å². The quantitative estimate of drug-likeness (QED) is 0.590. The van der Waals surface area contributed by atoms with Gasteiger partial charge >= 0.3 is 0 Å². The highest BCUT2D eigenvalue weighted by Crippen LogP contribution is 2.40. The van der Waals surface area contributed by atoms with Crippen molar-refractivity contribution in [2.24, 2.45) is 5.41 Å². The molecule has 2 rings (SSSR count). The average Bonchev–Trinajstić information content (AvgIpc) is 2.32.